The molecule has 1 fully saturated rings. The Morgan fingerprint density at radius 2 is 2.00 bits per heavy atom. The van der Waals surface area contributed by atoms with E-state index in [-0.39, 0.29) is 22.9 Å². The molecule has 0 spiro atoms. The molecule has 1 atom stereocenters. The Hall–Kier alpha value is -0.790. The molecule has 1 rings (SSSR count). The molecule has 0 aromatic carbocycles. The minimum Gasteiger partial charge on any atom is -0.460 e. The zero-order valence-corrected chi connectivity index (χ0v) is 9.81. The van der Waals surface area contributed by atoms with Crippen molar-refractivity contribution in [1.29, 1.82) is 0 Å². The van der Waals surface area contributed by atoms with E-state index in [9.17, 15) is 4.79 Å². The Morgan fingerprint density at radius 1 is 1.50 bits per heavy atom. The fourth-order valence-electron chi connectivity index (χ4n) is 1.63. The van der Waals surface area contributed by atoms with Crippen molar-refractivity contribution in [3.63, 3.8) is 0 Å². The smallest absolute Gasteiger partial charge is 0.310 e. The van der Waals surface area contributed by atoms with Crippen LogP contribution < -0.4 is 0 Å². The normalized spacial score (nSPS) is 25.5. The van der Waals surface area contributed by atoms with Crippen molar-refractivity contribution in [1.82, 2.24) is 0 Å². The number of carbonyl (C=O) groups is 1. The van der Waals surface area contributed by atoms with Gasteiger partial charge in [0.15, 0.2) is 0 Å². The molecule has 1 aliphatic rings. The molecule has 14 heavy (non-hydrogen) atoms. The highest BCUT2D eigenvalue weighted by Gasteiger charge is 2.48. The summed E-state index contributed by atoms with van der Waals surface area (Å²) in [6.45, 7) is 13.7. The summed E-state index contributed by atoms with van der Waals surface area (Å²) >= 11 is 0. The number of hydrogen-bond donors (Lipinski definition) is 0. The highest BCUT2D eigenvalue weighted by Crippen LogP contribution is 2.50. The van der Waals surface area contributed by atoms with Crippen molar-refractivity contribution < 1.29 is 9.53 Å². The van der Waals surface area contributed by atoms with Gasteiger partial charge >= 0.3 is 5.97 Å². The third-order valence-electron chi connectivity index (χ3n) is 2.92. The fourth-order valence-corrected chi connectivity index (χ4v) is 1.63. The lowest BCUT2D eigenvalue weighted by molar-refractivity contribution is -0.166. The van der Waals surface area contributed by atoms with Gasteiger partial charge in [0, 0.05) is 0 Å². The number of ether oxygens (including phenoxy) is 1. The first-order chi connectivity index (χ1) is 6.14. The molecule has 0 bridgehead atoms. The van der Waals surface area contributed by atoms with Gasteiger partial charge in [-0.1, -0.05) is 26.0 Å². The minimum atomic E-state index is -0.385. The summed E-state index contributed by atoms with van der Waals surface area (Å²) in [6.07, 6.45) is 0.780. The highest BCUT2D eigenvalue weighted by atomic mass is 16.6. The summed E-state index contributed by atoms with van der Waals surface area (Å²) in [6, 6.07) is 0. The topological polar surface area (TPSA) is 26.3 Å². The van der Waals surface area contributed by atoms with Gasteiger partial charge in [-0.2, -0.15) is 0 Å². The zero-order chi connectivity index (χ0) is 11.1. The molecular weight excluding hydrogens is 176 g/mol. The Kier molecular flexibility index (Phi) is 2.51. The maximum atomic E-state index is 11.7. The van der Waals surface area contributed by atoms with E-state index in [4.69, 9.17) is 4.74 Å². The maximum Gasteiger partial charge on any atom is 0.310 e. The van der Waals surface area contributed by atoms with Crippen molar-refractivity contribution in [2.75, 3.05) is 0 Å². The second-order valence-corrected chi connectivity index (χ2v) is 5.62. The molecule has 0 radical (unpaired) electrons. The van der Waals surface area contributed by atoms with Gasteiger partial charge in [0.2, 0.25) is 0 Å². The largest absolute Gasteiger partial charge is 0.460 e. The second kappa shape index (κ2) is 3.11. The third kappa shape index (κ3) is 1.99. The van der Waals surface area contributed by atoms with Crippen molar-refractivity contribution in [3.8, 4) is 0 Å². The van der Waals surface area contributed by atoms with Crippen molar-refractivity contribution in [2.45, 2.75) is 46.6 Å². The van der Waals surface area contributed by atoms with Crippen LogP contribution in [0, 0.1) is 11.3 Å². The van der Waals surface area contributed by atoms with Gasteiger partial charge < -0.3 is 4.74 Å². The lowest BCUT2D eigenvalue weighted by atomic mass is 9.59. The first-order valence-electron chi connectivity index (χ1n) is 5.06. The Morgan fingerprint density at radius 3 is 2.29 bits per heavy atom. The third-order valence-corrected chi connectivity index (χ3v) is 2.92. The van der Waals surface area contributed by atoms with Crippen molar-refractivity contribution in [3.05, 3.63) is 12.2 Å². The van der Waals surface area contributed by atoms with Crippen LogP contribution in [0.15, 0.2) is 12.2 Å². The predicted octanol–water partition coefficient (Wildman–Crippen LogP) is 2.93. The van der Waals surface area contributed by atoms with Crippen LogP contribution in [0.4, 0.5) is 0 Å². The molecule has 1 unspecified atom stereocenters. The average Bonchev–Trinajstić information content (AvgIpc) is 1.96. The van der Waals surface area contributed by atoms with Gasteiger partial charge in [-0.15, -0.1) is 0 Å². The highest BCUT2D eigenvalue weighted by molar-refractivity contribution is 5.77. The summed E-state index contributed by atoms with van der Waals surface area (Å²) in [5.74, 6) is -0.0934. The molecule has 80 valence electrons. The monoisotopic (exact) mass is 196 g/mol. The van der Waals surface area contributed by atoms with E-state index in [0.717, 1.165) is 12.0 Å². The van der Waals surface area contributed by atoms with E-state index in [1.807, 2.05) is 34.6 Å². The standard InChI is InChI=1S/C12H20O2/c1-8-7-9(12(8,5)6)10(13)14-11(2,3)4/h9H,1,7H2,2-6H3. The van der Waals surface area contributed by atoms with E-state index < -0.39 is 0 Å². The van der Waals surface area contributed by atoms with E-state index in [2.05, 4.69) is 6.58 Å². The van der Waals surface area contributed by atoms with Crippen LogP contribution in [0.2, 0.25) is 0 Å². The second-order valence-electron chi connectivity index (χ2n) is 5.62. The van der Waals surface area contributed by atoms with Gasteiger partial charge in [0.05, 0.1) is 5.92 Å². The molecule has 0 aromatic heterocycles. The number of hydrogen-bond acceptors (Lipinski definition) is 2. The van der Waals surface area contributed by atoms with Crippen molar-refractivity contribution >= 4 is 5.97 Å². The molecule has 0 heterocycles. The molecule has 2 nitrogen and oxygen atoms in total. The summed E-state index contributed by atoms with van der Waals surface area (Å²) in [7, 11) is 0. The molecule has 0 saturated heterocycles. The Balaban J connectivity index is 2.61. The summed E-state index contributed by atoms with van der Waals surface area (Å²) in [5, 5.41) is 0. The summed E-state index contributed by atoms with van der Waals surface area (Å²) in [4.78, 5) is 11.7. The van der Waals surface area contributed by atoms with E-state index >= 15 is 0 Å². The fraction of sp³-hybridized carbons (Fsp3) is 0.750. The molecule has 0 aromatic rings. The van der Waals surface area contributed by atoms with E-state index in [1.165, 1.54) is 0 Å². The quantitative estimate of drug-likeness (QED) is 0.476. The molecular formula is C12H20O2. The first-order valence-corrected chi connectivity index (χ1v) is 5.06. The van der Waals surface area contributed by atoms with Gasteiger partial charge in [0.25, 0.3) is 0 Å². The number of esters is 1. The van der Waals surface area contributed by atoms with E-state index in [1.54, 1.807) is 0 Å². The van der Waals surface area contributed by atoms with E-state index in [0.29, 0.717) is 0 Å². The Labute approximate surface area is 86.3 Å². The summed E-state index contributed by atoms with van der Waals surface area (Å²) in [5.41, 5.74) is 0.681. The van der Waals surface area contributed by atoms with Crippen LogP contribution in [0.25, 0.3) is 0 Å². The van der Waals surface area contributed by atoms with Crippen LogP contribution in [0.3, 0.4) is 0 Å². The van der Waals surface area contributed by atoms with Crippen LogP contribution in [0.5, 0.6) is 0 Å². The van der Waals surface area contributed by atoms with Gasteiger partial charge in [-0.3, -0.25) is 4.79 Å². The molecule has 2 heteroatoms. The number of allylic oxidation sites excluding steroid dienone is 1. The molecule has 0 amide bonds. The number of carbonyl (C=O) groups excluding carboxylic acids is 1. The molecule has 1 aliphatic carbocycles. The average molecular weight is 196 g/mol. The van der Waals surface area contributed by atoms with Crippen LogP contribution >= 0.6 is 0 Å². The van der Waals surface area contributed by atoms with Crippen LogP contribution in [-0.4, -0.2) is 11.6 Å². The summed E-state index contributed by atoms with van der Waals surface area (Å²) < 4.78 is 5.35. The minimum absolute atomic E-state index is 0.00535. The number of rotatable bonds is 1. The Bertz CT molecular complexity index is 269. The van der Waals surface area contributed by atoms with Gasteiger partial charge in [-0.25, -0.2) is 0 Å². The predicted molar refractivity (Wildman–Crippen MR) is 56.9 cm³/mol. The molecule has 1 saturated carbocycles. The maximum absolute atomic E-state index is 11.7. The van der Waals surface area contributed by atoms with Crippen LogP contribution in [0.1, 0.15) is 41.0 Å². The van der Waals surface area contributed by atoms with Crippen LogP contribution in [-0.2, 0) is 9.53 Å². The SMILES string of the molecule is C=C1CC(C(=O)OC(C)(C)C)C1(C)C. The first kappa shape index (κ1) is 11.3. The lowest BCUT2D eigenvalue weighted by Crippen LogP contribution is -2.45. The lowest BCUT2D eigenvalue weighted by Gasteiger charge is -2.45. The molecule has 0 aliphatic heterocycles. The van der Waals surface area contributed by atoms with Crippen molar-refractivity contribution in [2.24, 2.45) is 11.3 Å². The van der Waals surface area contributed by atoms with Gasteiger partial charge in [0.1, 0.15) is 5.60 Å². The zero-order valence-electron chi connectivity index (χ0n) is 9.81. The molecule has 0 N–H and O–H groups in total. The van der Waals surface area contributed by atoms with Gasteiger partial charge in [-0.05, 0) is 32.6 Å².